The average molecular weight is 274 g/mol. The lowest BCUT2D eigenvalue weighted by molar-refractivity contribution is -0.384. The molecule has 106 valence electrons. The lowest BCUT2D eigenvalue weighted by atomic mass is 10.0. The number of H-pyrrole nitrogens is 1. The van der Waals surface area contributed by atoms with Crippen molar-refractivity contribution in [1.82, 2.24) is 15.5 Å². The van der Waals surface area contributed by atoms with E-state index in [0.717, 1.165) is 23.2 Å². The summed E-state index contributed by atoms with van der Waals surface area (Å²) in [6.07, 6.45) is 2.65. The largest absolute Gasteiger partial charge is 0.306 e. The van der Waals surface area contributed by atoms with E-state index in [1.807, 2.05) is 13.0 Å². The number of nitrogens with one attached hydrogen (secondary N) is 2. The number of aromatic amines is 1. The third-order valence-corrected chi connectivity index (χ3v) is 3.36. The Labute approximate surface area is 117 Å². The number of nitro benzene ring substituents is 1. The zero-order valence-corrected chi connectivity index (χ0v) is 11.6. The Morgan fingerprint density at radius 2 is 2.30 bits per heavy atom. The van der Waals surface area contributed by atoms with Crippen molar-refractivity contribution in [1.29, 1.82) is 0 Å². The molecule has 0 amide bonds. The van der Waals surface area contributed by atoms with Crippen molar-refractivity contribution in [2.24, 2.45) is 0 Å². The molecule has 0 aliphatic carbocycles. The summed E-state index contributed by atoms with van der Waals surface area (Å²) in [6, 6.07) is 6.86. The minimum atomic E-state index is -0.365. The zero-order valence-electron chi connectivity index (χ0n) is 11.6. The fourth-order valence-corrected chi connectivity index (χ4v) is 2.14. The molecule has 2 rings (SSSR count). The Balaban J connectivity index is 2.10. The summed E-state index contributed by atoms with van der Waals surface area (Å²) >= 11 is 0. The van der Waals surface area contributed by atoms with Gasteiger partial charge in [0.25, 0.3) is 5.69 Å². The van der Waals surface area contributed by atoms with E-state index in [1.165, 1.54) is 6.07 Å². The molecule has 1 aromatic carbocycles. The number of nitro groups is 1. The van der Waals surface area contributed by atoms with Crippen LogP contribution in [-0.4, -0.2) is 15.1 Å². The molecule has 0 aliphatic rings. The first-order chi connectivity index (χ1) is 9.61. The van der Waals surface area contributed by atoms with Crippen molar-refractivity contribution in [2.75, 3.05) is 0 Å². The van der Waals surface area contributed by atoms with Gasteiger partial charge in [0, 0.05) is 36.0 Å². The van der Waals surface area contributed by atoms with Crippen LogP contribution in [0, 0.1) is 17.0 Å². The Morgan fingerprint density at radius 3 is 2.90 bits per heavy atom. The summed E-state index contributed by atoms with van der Waals surface area (Å²) in [5.41, 5.74) is 3.20. The van der Waals surface area contributed by atoms with Gasteiger partial charge in [-0.05, 0) is 18.9 Å². The molecule has 20 heavy (non-hydrogen) atoms. The summed E-state index contributed by atoms with van der Waals surface area (Å²) in [6.45, 7) is 4.71. The zero-order chi connectivity index (χ0) is 14.5. The molecule has 0 spiro atoms. The number of hydrogen-bond donors (Lipinski definition) is 2. The van der Waals surface area contributed by atoms with E-state index in [-0.39, 0.29) is 16.7 Å². The number of hydrogen-bond acceptors (Lipinski definition) is 4. The number of nitrogens with zero attached hydrogens (tertiary/aromatic N) is 2. The van der Waals surface area contributed by atoms with Crippen molar-refractivity contribution in [3.63, 3.8) is 0 Å². The number of rotatable bonds is 6. The van der Waals surface area contributed by atoms with Gasteiger partial charge in [-0.2, -0.15) is 5.10 Å². The van der Waals surface area contributed by atoms with E-state index in [1.54, 1.807) is 18.3 Å². The monoisotopic (exact) mass is 274 g/mol. The third-order valence-electron chi connectivity index (χ3n) is 3.36. The SMILES string of the molecule is CCC(NCc1cn[nH]c1C)c1cccc([N+](=O)[O-])c1. The van der Waals surface area contributed by atoms with E-state index in [0.29, 0.717) is 6.54 Å². The Kier molecular flexibility index (Phi) is 4.47. The molecule has 0 fully saturated rings. The standard InChI is InChI=1S/C14H18N4O2/c1-3-14(15-8-12-9-16-17-10(12)2)11-5-4-6-13(7-11)18(19)20/h4-7,9,14-15H,3,8H2,1-2H3,(H,16,17). The summed E-state index contributed by atoms with van der Waals surface area (Å²) in [5.74, 6) is 0. The predicted octanol–water partition coefficient (Wildman–Crippen LogP) is 2.87. The van der Waals surface area contributed by atoms with E-state index in [4.69, 9.17) is 0 Å². The fourth-order valence-electron chi connectivity index (χ4n) is 2.14. The van der Waals surface area contributed by atoms with Crippen LogP contribution in [0.3, 0.4) is 0 Å². The van der Waals surface area contributed by atoms with E-state index in [9.17, 15) is 10.1 Å². The average Bonchev–Trinajstić information content (AvgIpc) is 2.85. The highest BCUT2D eigenvalue weighted by Gasteiger charge is 2.13. The van der Waals surface area contributed by atoms with Crippen LogP contribution in [0.1, 0.15) is 36.2 Å². The van der Waals surface area contributed by atoms with Gasteiger partial charge in [-0.25, -0.2) is 0 Å². The number of aromatic nitrogens is 2. The Bertz CT molecular complexity index is 594. The molecule has 6 nitrogen and oxygen atoms in total. The minimum Gasteiger partial charge on any atom is -0.306 e. The number of benzene rings is 1. The summed E-state index contributed by atoms with van der Waals surface area (Å²) in [7, 11) is 0. The van der Waals surface area contributed by atoms with Crippen LogP contribution in [0.2, 0.25) is 0 Å². The highest BCUT2D eigenvalue weighted by Crippen LogP contribution is 2.22. The summed E-state index contributed by atoms with van der Waals surface area (Å²) in [4.78, 5) is 10.5. The Hall–Kier alpha value is -2.21. The molecular weight excluding hydrogens is 256 g/mol. The van der Waals surface area contributed by atoms with Crippen LogP contribution in [0.15, 0.2) is 30.5 Å². The van der Waals surface area contributed by atoms with Gasteiger partial charge < -0.3 is 5.32 Å². The van der Waals surface area contributed by atoms with Gasteiger partial charge in [0.2, 0.25) is 0 Å². The van der Waals surface area contributed by atoms with Crippen LogP contribution in [0.4, 0.5) is 5.69 Å². The predicted molar refractivity (Wildman–Crippen MR) is 76.3 cm³/mol. The van der Waals surface area contributed by atoms with Crippen LogP contribution in [0.5, 0.6) is 0 Å². The van der Waals surface area contributed by atoms with E-state index >= 15 is 0 Å². The van der Waals surface area contributed by atoms with Gasteiger partial charge in [0.15, 0.2) is 0 Å². The second-order valence-electron chi connectivity index (χ2n) is 4.71. The number of non-ortho nitro benzene ring substituents is 1. The van der Waals surface area contributed by atoms with Crippen LogP contribution in [0.25, 0.3) is 0 Å². The van der Waals surface area contributed by atoms with Crippen LogP contribution < -0.4 is 5.32 Å². The summed E-state index contributed by atoms with van der Waals surface area (Å²) in [5, 5.41) is 21.1. The molecule has 0 saturated carbocycles. The molecule has 0 aliphatic heterocycles. The van der Waals surface area contributed by atoms with Gasteiger partial charge >= 0.3 is 0 Å². The van der Waals surface area contributed by atoms with E-state index in [2.05, 4.69) is 22.4 Å². The molecule has 2 N–H and O–H groups in total. The first-order valence-electron chi connectivity index (χ1n) is 6.58. The maximum atomic E-state index is 10.8. The van der Waals surface area contributed by atoms with Gasteiger partial charge in [-0.3, -0.25) is 15.2 Å². The number of aryl methyl sites for hydroxylation is 1. The quantitative estimate of drug-likeness (QED) is 0.626. The highest BCUT2D eigenvalue weighted by molar-refractivity contribution is 5.35. The molecule has 0 bridgehead atoms. The molecule has 2 aromatic rings. The van der Waals surface area contributed by atoms with Gasteiger partial charge in [0.05, 0.1) is 11.1 Å². The van der Waals surface area contributed by atoms with Crippen LogP contribution >= 0.6 is 0 Å². The summed E-state index contributed by atoms with van der Waals surface area (Å²) < 4.78 is 0. The Morgan fingerprint density at radius 1 is 1.50 bits per heavy atom. The second-order valence-corrected chi connectivity index (χ2v) is 4.71. The van der Waals surface area contributed by atoms with Crippen LogP contribution in [-0.2, 0) is 6.54 Å². The van der Waals surface area contributed by atoms with E-state index < -0.39 is 0 Å². The minimum absolute atomic E-state index is 0.0872. The van der Waals surface area contributed by atoms with Gasteiger partial charge in [-0.15, -0.1) is 0 Å². The molecule has 1 heterocycles. The van der Waals surface area contributed by atoms with Crippen molar-refractivity contribution in [3.8, 4) is 0 Å². The molecule has 1 atom stereocenters. The highest BCUT2D eigenvalue weighted by atomic mass is 16.6. The molecule has 0 radical (unpaired) electrons. The molecule has 6 heteroatoms. The fraction of sp³-hybridized carbons (Fsp3) is 0.357. The smallest absolute Gasteiger partial charge is 0.269 e. The van der Waals surface area contributed by atoms with Gasteiger partial charge in [-0.1, -0.05) is 19.1 Å². The maximum Gasteiger partial charge on any atom is 0.269 e. The normalized spacial score (nSPS) is 12.3. The first-order valence-corrected chi connectivity index (χ1v) is 6.58. The molecule has 1 unspecified atom stereocenters. The first kappa shape index (κ1) is 14.2. The van der Waals surface area contributed by atoms with Crippen molar-refractivity contribution < 1.29 is 4.92 Å². The van der Waals surface area contributed by atoms with Crippen molar-refractivity contribution >= 4 is 5.69 Å². The molecule has 1 aromatic heterocycles. The van der Waals surface area contributed by atoms with Crippen molar-refractivity contribution in [2.45, 2.75) is 32.9 Å². The lowest BCUT2D eigenvalue weighted by Gasteiger charge is -2.17. The second kappa shape index (κ2) is 6.29. The topological polar surface area (TPSA) is 83.8 Å². The van der Waals surface area contributed by atoms with Crippen molar-refractivity contribution in [3.05, 3.63) is 57.4 Å². The van der Waals surface area contributed by atoms with Gasteiger partial charge in [0.1, 0.15) is 0 Å². The molecule has 0 saturated heterocycles. The lowest BCUT2D eigenvalue weighted by Crippen LogP contribution is -2.20. The third kappa shape index (κ3) is 3.21. The molecular formula is C14H18N4O2. The maximum absolute atomic E-state index is 10.8.